The van der Waals surface area contributed by atoms with E-state index >= 15 is 0 Å². The summed E-state index contributed by atoms with van der Waals surface area (Å²) in [6.07, 6.45) is 2.77. The Morgan fingerprint density at radius 2 is 2.58 bits per heavy atom. The summed E-state index contributed by atoms with van der Waals surface area (Å²) in [5.41, 5.74) is 0.806. The van der Waals surface area contributed by atoms with E-state index in [1.807, 2.05) is 13.0 Å². The molecule has 66 valence electrons. The van der Waals surface area contributed by atoms with E-state index in [2.05, 4.69) is 0 Å². The number of hydrogen-bond acceptors (Lipinski definition) is 2. The summed E-state index contributed by atoms with van der Waals surface area (Å²) in [5, 5.41) is 9.28. The van der Waals surface area contributed by atoms with Gasteiger partial charge in [-0.15, -0.1) is 11.6 Å². The minimum atomic E-state index is -0.586. The van der Waals surface area contributed by atoms with Crippen molar-refractivity contribution in [1.82, 2.24) is 0 Å². The maximum atomic E-state index is 9.28. The lowest BCUT2D eigenvalue weighted by atomic mass is 10.1. The van der Waals surface area contributed by atoms with Crippen molar-refractivity contribution < 1.29 is 9.52 Å². The van der Waals surface area contributed by atoms with Crippen LogP contribution >= 0.6 is 11.6 Å². The van der Waals surface area contributed by atoms with E-state index in [-0.39, 0.29) is 5.88 Å². The summed E-state index contributed by atoms with van der Waals surface area (Å²) in [5.74, 6) is 0.944. The van der Waals surface area contributed by atoms with Gasteiger partial charge in [-0.3, -0.25) is 0 Å². The van der Waals surface area contributed by atoms with E-state index in [1.54, 1.807) is 18.4 Å². The standard InChI is InChI=1S/C9H11ClO2/c1-7(9(11)6-10)5-8-3-2-4-12-8/h2-5,9,11H,6H2,1H3/b7-5+. The number of hydrogen-bond donors (Lipinski definition) is 1. The average molecular weight is 187 g/mol. The number of aliphatic hydroxyl groups is 1. The van der Waals surface area contributed by atoms with Crippen LogP contribution in [0.5, 0.6) is 0 Å². The first kappa shape index (κ1) is 9.36. The molecule has 1 aromatic rings. The number of halogens is 1. The van der Waals surface area contributed by atoms with Gasteiger partial charge in [-0.1, -0.05) is 0 Å². The summed E-state index contributed by atoms with van der Waals surface area (Å²) in [4.78, 5) is 0. The molecule has 1 atom stereocenters. The van der Waals surface area contributed by atoms with Crippen molar-refractivity contribution in [3.05, 3.63) is 29.7 Å². The predicted molar refractivity (Wildman–Crippen MR) is 49.1 cm³/mol. The van der Waals surface area contributed by atoms with Crippen LogP contribution in [-0.4, -0.2) is 17.1 Å². The zero-order chi connectivity index (χ0) is 8.97. The van der Waals surface area contributed by atoms with Gasteiger partial charge in [-0.25, -0.2) is 0 Å². The molecule has 0 radical (unpaired) electrons. The smallest absolute Gasteiger partial charge is 0.126 e. The van der Waals surface area contributed by atoms with Crippen molar-refractivity contribution in [2.24, 2.45) is 0 Å². The molecule has 1 unspecified atom stereocenters. The largest absolute Gasteiger partial charge is 0.465 e. The average Bonchev–Trinajstić information content (AvgIpc) is 2.55. The van der Waals surface area contributed by atoms with Gasteiger partial charge in [0.05, 0.1) is 18.2 Å². The highest BCUT2D eigenvalue weighted by molar-refractivity contribution is 6.18. The van der Waals surface area contributed by atoms with Crippen LogP contribution < -0.4 is 0 Å². The Bertz CT molecular complexity index is 252. The molecule has 2 nitrogen and oxygen atoms in total. The van der Waals surface area contributed by atoms with Crippen LogP contribution in [0, 0.1) is 0 Å². The molecule has 0 aromatic carbocycles. The first-order chi connectivity index (χ1) is 5.74. The van der Waals surface area contributed by atoms with E-state index in [9.17, 15) is 5.11 Å². The zero-order valence-electron chi connectivity index (χ0n) is 6.83. The van der Waals surface area contributed by atoms with Gasteiger partial charge in [0.2, 0.25) is 0 Å². The van der Waals surface area contributed by atoms with Gasteiger partial charge in [0.25, 0.3) is 0 Å². The third-order valence-electron chi connectivity index (χ3n) is 1.58. The first-order valence-corrected chi connectivity index (χ1v) is 4.23. The Hall–Kier alpha value is -0.730. The lowest BCUT2D eigenvalue weighted by Gasteiger charge is -2.05. The minimum absolute atomic E-state index is 0.211. The van der Waals surface area contributed by atoms with Gasteiger partial charge in [0.15, 0.2) is 0 Å². The van der Waals surface area contributed by atoms with Crippen LogP contribution in [0.2, 0.25) is 0 Å². The van der Waals surface area contributed by atoms with Crippen molar-refractivity contribution in [2.75, 3.05) is 5.88 Å². The minimum Gasteiger partial charge on any atom is -0.465 e. The summed E-state index contributed by atoms with van der Waals surface area (Å²) >= 11 is 5.47. The lowest BCUT2D eigenvalue weighted by molar-refractivity contribution is 0.235. The fourth-order valence-corrected chi connectivity index (χ4v) is 1.06. The number of furan rings is 1. The van der Waals surface area contributed by atoms with Gasteiger partial charge in [-0.2, -0.15) is 0 Å². The first-order valence-electron chi connectivity index (χ1n) is 3.69. The SMILES string of the molecule is C/C(=C\c1ccco1)C(O)CCl. The van der Waals surface area contributed by atoms with E-state index in [0.29, 0.717) is 0 Å². The van der Waals surface area contributed by atoms with Gasteiger partial charge in [0.1, 0.15) is 5.76 Å². The second kappa shape index (κ2) is 4.33. The third-order valence-corrected chi connectivity index (χ3v) is 1.88. The fraction of sp³-hybridized carbons (Fsp3) is 0.333. The van der Waals surface area contributed by atoms with Gasteiger partial charge in [-0.05, 0) is 30.7 Å². The molecular weight excluding hydrogens is 176 g/mol. The molecule has 0 amide bonds. The van der Waals surface area contributed by atoms with E-state index in [0.717, 1.165) is 11.3 Å². The predicted octanol–water partition coefficient (Wildman–Crippen LogP) is 2.28. The number of rotatable bonds is 3. The molecule has 12 heavy (non-hydrogen) atoms. The second-order valence-corrected chi connectivity index (χ2v) is 2.88. The number of alkyl halides is 1. The van der Waals surface area contributed by atoms with Crippen LogP contribution in [0.3, 0.4) is 0 Å². The Labute approximate surface area is 76.5 Å². The summed E-state index contributed by atoms with van der Waals surface area (Å²) in [6.45, 7) is 1.82. The van der Waals surface area contributed by atoms with E-state index in [4.69, 9.17) is 16.0 Å². The molecule has 0 saturated carbocycles. The highest BCUT2D eigenvalue weighted by atomic mass is 35.5. The summed E-state index contributed by atoms with van der Waals surface area (Å²) in [6, 6.07) is 3.62. The molecule has 0 saturated heterocycles. The Morgan fingerprint density at radius 1 is 1.83 bits per heavy atom. The highest BCUT2D eigenvalue weighted by Crippen LogP contribution is 2.10. The monoisotopic (exact) mass is 186 g/mol. The molecule has 3 heteroatoms. The third kappa shape index (κ3) is 2.40. The lowest BCUT2D eigenvalue weighted by Crippen LogP contribution is -2.08. The highest BCUT2D eigenvalue weighted by Gasteiger charge is 2.04. The van der Waals surface area contributed by atoms with E-state index in [1.165, 1.54) is 0 Å². The van der Waals surface area contributed by atoms with Crippen LogP contribution in [0.1, 0.15) is 12.7 Å². The quantitative estimate of drug-likeness (QED) is 0.735. The second-order valence-electron chi connectivity index (χ2n) is 2.57. The van der Waals surface area contributed by atoms with Gasteiger partial charge >= 0.3 is 0 Å². The van der Waals surface area contributed by atoms with Crippen molar-refractivity contribution in [3.8, 4) is 0 Å². The molecule has 0 aliphatic heterocycles. The molecule has 0 aliphatic rings. The molecule has 0 spiro atoms. The Kier molecular flexibility index (Phi) is 3.38. The van der Waals surface area contributed by atoms with Crippen molar-refractivity contribution in [1.29, 1.82) is 0 Å². The molecule has 1 N–H and O–H groups in total. The van der Waals surface area contributed by atoms with Crippen molar-refractivity contribution in [3.63, 3.8) is 0 Å². The molecule has 0 aliphatic carbocycles. The number of aliphatic hydroxyl groups excluding tert-OH is 1. The fourth-order valence-electron chi connectivity index (χ4n) is 0.816. The van der Waals surface area contributed by atoms with E-state index < -0.39 is 6.10 Å². The Morgan fingerprint density at radius 3 is 3.08 bits per heavy atom. The summed E-state index contributed by atoms with van der Waals surface area (Å²) in [7, 11) is 0. The van der Waals surface area contributed by atoms with Crippen LogP contribution in [0.15, 0.2) is 28.4 Å². The summed E-state index contributed by atoms with van der Waals surface area (Å²) < 4.78 is 5.07. The molecule has 1 heterocycles. The topological polar surface area (TPSA) is 33.4 Å². The maximum absolute atomic E-state index is 9.28. The molecule has 0 fully saturated rings. The zero-order valence-corrected chi connectivity index (χ0v) is 7.58. The van der Waals surface area contributed by atoms with Crippen molar-refractivity contribution >= 4 is 17.7 Å². The van der Waals surface area contributed by atoms with Crippen LogP contribution in [0.25, 0.3) is 6.08 Å². The molecular formula is C9H11ClO2. The van der Waals surface area contributed by atoms with Crippen LogP contribution in [0.4, 0.5) is 0 Å². The van der Waals surface area contributed by atoms with Crippen LogP contribution in [-0.2, 0) is 0 Å². The van der Waals surface area contributed by atoms with Gasteiger partial charge in [0, 0.05) is 0 Å². The van der Waals surface area contributed by atoms with Crippen molar-refractivity contribution in [2.45, 2.75) is 13.0 Å². The molecule has 1 rings (SSSR count). The Balaban J connectivity index is 2.69. The van der Waals surface area contributed by atoms with Gasteiger partial charge < -0.3 is 9.52 Å². The molecule has 1 aromatic heterocycles. The normalized spacial score (nSPS) is 14.8. The maximum Gasteiger partial charge on any atom is 0.126 e. The molecule has 0 bridgehead atoms.